The van der Waals surface area contributed by atoms with Crippen LogP contribution in [-0.4, -0.2) is 33.7 Å². The van der Waals surface area contributed by atoms with Crippen LogP contribution >= 0.6 is 0 Å². The molecule has 20 heavy (non-hydrogen) atoms. The minimum atomic E-state index is -0.833. The summed E-state index contributed by atoms with van der Waals surface area (Å²) in [5, 5.41) is 15.3. The van der Waals surface area contributed by atoms with E-state index in [1.165, 1.54) is 13.8 Å². The normalized spacial score (nSPS) is 7.50. The second-order valence-corrected chi connectivity index (χ2v) is 4.02. The standard InChI is InChI=1S/C5H10O.C4H8O2.C3H6O.C2H4O2/c1-3-4-5(2)6;1-2-3-4(5)6;1-3(2)4;1-2(3)4/h3-4H2,1-2H3;2-3H2,1H3,(H,5,6);1-2H3;1H3,(H,3,4). The maximum atomic E-state index is 10.0. The van der Waals surface area contributed by atoms with Crippen LogP contribution in [0.5, 0.6) is 0 Å². The zero-order valence-corrected chi connectivity index (χ0v) is 13.4. The summed E-state index contributed by atoms with van der Waals surface area (Å²) >= 11 is 0. The first-order valence-corrected chi connectivity index (χ1v) is 6.39. The van der Waals surface area contributed by atoms with Gasteiger partial charge < -0.3 is 19.8 Å². The van der Waals surface area contributed by atoms with Crippen molar-refractivity contribution in [2.75, 3.05) is 0 Å². The van der Waals surface area contributed by atoms with E-state index in [0.29, 0.717) is 6.42 Å². The molecule has 6 heteroatoms. The van der Waals surface area contributed by atoms with Gasteiger partial charge in [-0.1, -0.05) is 13.8 Å². The monoisotopic (exact) mass is 292 g/mol. The molecule has 0 aromatic heterocycles. The van der Waals surface area contributed by atoms with Crippen molar-refractivity contribution in [1.82, 2.24) is 0 Å². The van der Waals surface area contributed by atoms with Crippen LogP contribution in [0.3, 0.4) is 0 Å². The minimum Gasteiger partial charge on any atom is -0.481 e. The Morgan fingerprint density at radius 1 is 0.750 bits per heavy atom. The maximum Gasteiger partial charge on any atom is 0.303 e. The highest BCUT2D eigenvalue weighted by Crippen LogP contribution is 1.84. The molecule has 0 fully saturated rings. The lowest BCUT2D eigenvalue weighted by Gasteiger charge is -1.80. The van der Waals surface area contributed by atoms with E-state index in [1.807, 2.05) is 13.8 Å². The highest BCUT2D eigenvalue weighted by Gasteiger charge is 1.87. The number of ketones is 2. The summed E-state index contributed by atoms with van der Waals surface area (Å²) in [5.41, 5.74) is 0. The lowest BCUT2D eigenvalue weighted by atomic mass is 10.3. The van der Waals surface area contributed by atoms with E-state index in [0.717, 1.165) is 26.2 Å². The van der Waals surface area contributed by atoms with Gasteiger partial charge in [0.15, 0.2) is 0 Å². The number of hydrogen-bond donors (Lipinski definition) is 2. The fourth-order valence-corrected chi connectivity index (χ4v) is 0.566. The zero-order valence-electron chi connectivity index (χ0n) is 13.4. The van der Waals surface area contributed by atoms with Gasteiger partial charge in [0.1, 0.15) is 11.6 Å². The second-order valence-electron chi connectivity index (χ2n) is 4.02. The molecule has 0 unspecified atom stereocenters. The van der Waals surface area contributed by atoms with Crippen LogP contribution in [0.25, 0.3) is 0 Å². The van der Waals surface area contributed by atoms with Crippen LogP contribution in [0.2, 0.25) is 0 Å². The molecular formula is C14H28O6. The van der Waals surface area contributed by atoms with Crippen LogP contribution in [0.4, 0.5) is 0 Å². The number of carboxylic acid groups (broad SMARTS) is 2. The van der Waals surface area contributed by atoms with Crippen LogP contribution in [-0.2, 0) is 19.2 Å². The third-order valence-corrected chi connectivity index (χ3v) is 1.07. The molecule has 0 aromatic rings. The fraction of sp³-hybridized carbons (Fsp3) is 0.714. The molecule has 0 saturated heterocycles. The minimum absolute atomic E-state index is 0.167. The summed E-state index contributed by atoms with van der Waals surface area (Å²) in [7, 11) is 0. The van der Waals surface area contributed by atoms with Gasteiger partial charge in [0.25, 0.3) is 5.97 Å². The van der Waals surface area contributed by atoms with Gasteiger partial charge in [-0.05, 0) is 33.6 Å². The Morgan fingerprint density at radius 3 is 1.00 bits per heavy atom. The topological polar surface area (TPSA) is 109 Å². The SMILES string of the molecule is CC(=O)O.CC(C)=O.CCCC(=O)O.CCCC(C)=O. The number of rotatable bonds is 4. The molecule has 0 aromatic carbocycles. The van der Waals surface area contributed by atoms with E-state index in [9.17, 15) is 14.4 Å². The van der Waals surface area contributed by atoms with E-state index < -0.39 is 11.9 Å². The van der Waals surface area contributed by atoms with E-state index in [-0.39, 0.29) is 11.6 Å². The maximum absolute atomic E-state index is 10.0. The van der Waals surface area contributed by atoms with Gasteiger partial charge >= 0.3 is 5.97 Å². The summed E-state index contributed by atoms with van der Waals surface area (Å²) < 4.78 is 0. The van der Waals surface area contributed by atoms with Crippen molar-refractivity contribution in [3.05, 3.63) is 0 Å². The Hall–Kier alpha value is -1.72. The van der Waals surface area contributed by atoms with Crippen LogP contribution in [0.15, 0.2) is 0 Å². The van der Waals surface area contributed by atoms with Gasteiger partial charge in [-0.3, -0.25) is 9.59 Å². The van der Waals surface area contributed by atoms with Gasteiger partial charge in [0.2, 0.25) is 0 Å². The molecule has 0 heterocycles. The molecule has 0 radical (unpaired) electrons. The molecule has 0 spiro atoms. The zero-order chi connectivity index (χ0) is 17.1. The average Bonchev–Trinajstić information content (AvgIpc) is 2.15. The van der Waals surface area contributed by atoms with Crippen molar-refractivity contribution in [3.8, 4) is 0 Å². The van der Waals surface area contributed by atoms with Crippen molar-refractivity contribution in [2.45, 2.75) is 67.2 Å². The predicted octanol–water partition coefficient (Wildman–Crippen LogP) is 2.93. The number of carbonyl (C=O) groups excluding carboxylic acids is 2. The Balaban J connectivity index is -0.0000000871. The van der Waals surface area contributed by atoms with Crippen molar-refractivity contribution < 1.29 is 29.4 Å². The first kappa shape index (κ1) is 26.8. The van der Waals surface area contributed by atoms with Crippen molar-refractivity contribution in [2.24, 2.45) is 0 Å². The quantitative estimate of drug-likeness (QED) is 0.824. The lowest BCUT2D eigenvalue weighted by Crippen LogP contribution is -1.90. The van der Waals surface area contributed by atoms with Gasteiger partial charge in [-0.25, -0.2) is 0 Å². The van der Waals surface area contributed by atoms with Gasteiger partial charge in [0, 0.05) is 19.8 Å². The van der Waals surface area contributed by atoms with Crippen LogP contribution in [0, 0.1) is 0 Å². The Bertz CT molecular complexity index is 235. The first-order chi connectivity index (χ1) is 9.00. The molecular weight excluding hydrogens is 264 g/mol. The lowest BCUT2D eigenvalue weighted by molar-refractivity contribution is -0.137. The molecule has 0 aliphatic heterocycles. The predicted molar refractivity (Wildman–Crippen MR) is 77.8 cm³/mol. The highest BCUT2D eigenvalue weighted by molar-refractivity contribution is 5.75. The van der Waals surface area contributed by atoms with Crippen molar-refractivity contribution >= 4 is 23.5 Å². The van der Waals surface area contributed by atoms with E-state index in [1.54, 1.807) is 6.92 Å². The summed E-state index contributed by atoms with van der Waals surface area (Å²) in [6.07, 6.45) is 2.74. The number of Topliss-reactive ketones (excluding diaryl/α,β-unsaturated/α-hetero) is 2. The molecule has 0 rings (SSSR count). The Kier molecular flexibility index (Phi) is 30.1. The van der Waals surface area contributed by atoms with Gasteiger partial charge in [0.05, 0.1) is 0 Å². The highest BCUT2D eigenvalue weighted by atomic mass is 16.4. The molecule has 0 saturated carbocycles. The number of hydrogen-bond acceptors (Lipinski definition) is 4. The number of aliphatic carboxylic acids is 2. The van der Waals surface area contributed by atoms with E-state index >= 15 is 0 Å². The Morgan fingerprint density at radius 2 is 1.00 bits per heavy atom. The third-order valence-electron chi connectivity index (χ3n) is 1.07. The summed E-state index contributed by atoms with van der Waals surface area (Å²) in [6.45, 7) is 9.60. The summed E-state index contributed by atoms with van der Waals surface area (Å²) in [6, 6.07) is 0. The van der Waals surface area contributed by atoms with Crippen molar-refractivity contribution in [3.63, 3.8) is 0 Å². The van der Waals surface area contributed by atoms with Crippen LogP contribution < -0.4 is 0 Å². The van der Waals surface area contributed by atoms with Gasteiger partial charge in [-0.2, -0.15) is 0 Å². The smallest absolute Gasteiger partial charge is 0.303 e. The summed E-state index contributed by atoms with van der Waals surface area (Å²) in [4.78, 5) is 38.1. The van der Waals surface area contributed by atoms with Crippen LogP contribution in [0.1, 0.15) is 67.2 Å². The summed E-state index contributed by atoms with van der Waals surface area (Å²) in [5.74, 6) is -1.09. The molecule has 0 amide bonds. The average molecular weight is 292 g/mol. The van der Waals surface area contributed by atoms with Crippen molar-refractivity contribution in [1.29, 1.82) is 0 Å². The molecule has 0 bridgehead atoms. The molecule has 0 aliphatic rings. The number of carboxylic acids is 2. The molecule has 120 valence electrons. The molecule has 0 aliphatic carbocycles. The largest absolute Gasteiger partial charge is 0.481 e. The van der Waals surface area contributed by atoms with Gasteiger partial charge in [-0.15, -0.1) is 0 Å². The Labute approximate surface area is 121 Å². The fourth-order valence-electron chi connectivity index (χ4n) is 0.566. The third kappa shape index (κ3) is 207. The number of carbonyl (C=O) groups is 4. The first-order valence-electron chi connectivity index (χ1n) is 6.39. The van der Waals surface area contributed by atoms with E-state index in [4.69, 9.17) is 15.0 Å². The second kappa shape index (κ2) is 22.5. The van der Waals surface area contributed by atoms with E-state index in [2.05, 4.69) is 0 Å². The molecule has 2 N–H and O–H groups in total. The molecule has 6 nitrogen and oxygen atoms in total. The molecule has 0 atom stereocenters.